The summed E-state index contributed by atoms with van der Waals surface area (Å²) in [4.78, 5) is 23.8. The number of hydrogen-bond donors (Lipinski definition) is 2. The highest BCUT2D eigenvalue weighted by Crippen LogP contribution is 2.29. The smallest absolute Gasteiger partial charge is 0.262 e. The monoisotopic (exact) mass is 324 g/mol. The Hall–Kier alpha value is -2.82. The van der Waals surface area contributed by atoms with Crippen molar-refractivity contribution in [3.05, 3.63) is 59.2 Å². The molecule has 5 heteroatoms. The molecule has 0 saturated carbocycles. The van der Waals surface area contributed by atoms with Crippen LogP contribution in [0.3, 0.4) is 0 Å². The van der Waals surface area contributed by atoms with E-state index in [1.165, 1.54) is 5.56 Å². The first kappa shape index (κ1) is 16.1. The van der Waals surface area contributed by atoms with E-state index in [4.69, 9.17) is 4.74 Å². The number of amides is 2. The molecular weight excluding hydrogens is 304 g/mol. The lowest BCUT2D eigenvalue weighted by Gasteiger charge is -2.20. The molecule has 5 nitrogen and oxygen atoms in total. The Morgan fingerprint density at radius 1 is 1.25 bits per heavy atom. The van der Waals surface area contributed by atoms with E-state index in [2.05, 4.69) is 10.6 Å². The second-order valence-corrected chi connectivity index (χ2v) is 5.89. The summed E-state index contributed by atoms with van der Waals surface area (Å²) in [5, 5.41) is 5.77. The first-order valence-electron chi connectivity index (χ1n) is 8.01. The lowest BCUT2D eigenvalue weighted by molar-refractivity contribution is -0.118. The Morgan fingerprint density at radius 3 is 2.71 bits per heavy atom. The second-order valence-electron chi connectivity index (χ2n) is 5.89. The van der Waals surface area contributed by atoms with Gasteiger partial charge in [-0.15, -0.1) is 0 Å². The molecule has 1 aliphatic heterocycles. The van der Waals surface area contributed by atoms with Crippen LogP contribution in [0.5, 0.6) is 5.75 Å². The molecule has 2 N–H and O–H groups in total. The highest BCUT2D eigenvalue weighted by molar-refractivity contribution is 5.99. The molecule has 124 valence electrons. The molecule has 0 radical (unpaired) electrons. The van der Waals surface area contributed by atoms with Crippen molar-refractivity contribution in [3.8, 4) is 5.75 Å². The molecule has 0 bridgehead atoms. The van der Waals surface area contributed by atoms with Gasteiger partial charge in [-0.25, -0.2) is 0 Å². The van der Waals surface area contributed by atoms with Crippen LogP contribution in [0.1, 0.15) is 40.9 Å². The number of aryl methyl sites for hydroxylation is 1. The zero-order chi connectivity index (χ0) is 17.1. The highest BCUT2D eigenvalue weighted by atomic mass is 16.5. The minimum absolute atomic E-state index is 0.0287. The molecule has 1 atom stereocenters. The Kier molecular flexibility index (Phi) is 4.51. The number of hydrogen-bond acceptors (Lipinski definition) is 3. The zero-order valence-electron chi connectivity index (χ0n) is 13.8. The molecule has 0 saturated heterocycles. The molecule has 0 spiro atoms. The van der Waals surface area contributed by atoms with E-state index in [1.807, 2.05) is 38.1 Å². The van der Waals surface area contributed by atoms with Gasteiger partial charge < -0.3 is 15.4 Å². The number of carbonyl (C=O) groups is 2. The lowest BCUT2D eigenvalue weighted by Crippen LogP contribution is -2.29. The van der Waals surface area contributed by atoms with Gasteiger partial charge in [0, 0.05) is 5.56 Å². The maximum atomic E-state index is 12.6. The number of rotatable bonds is 4. The Morgan fingerprint density at radius 2 is 2.00 bits per heavy atom. The van der Waals surface area contributed by atoms with Gasteiger partial charge >= 0.3 is 0 Å². The summed E-state index contributed by atoms with van der Waals surface area (Å²) >= 11 is 0. The van der Waals surface area contributed by atoms with Crippen molar-refractivity contribution < 1.29 is 14.3 Å². The second kappa shape index (κ2) is 6.74. The molecule has 0 aromatic heterocycles. The lowest BCUT2D eigenvalue weighted by atomic mass is 10.0. The van der Waals surface area contributed by atoms with E-state index in [1.54, 1.807) is 18.2 Å². The zero-order valence-corrected chi connectivity index (χ0v) is 13.8. The Balaban J connectivity index is 1.76. The molecule has 3 rings (SSSR count). The third-order valence-corrected chi connectivity index (χ3v) is 4.07. The van der Waals surface area contributed by atoms with Crippen molar-refractivity contribution in [2.45, 2.75) is 26.3 Å². The fourth-order valence-corrected chi connectivity index (χ4v) is 2.68. The minimum atomic E-state index is -0.190. The van der Waals surface area contributed by atoms with Crippen molar-refractivity contribution in [1.29, 1.82) is 0 Å². The van der Waals surface area contributed by atoms with Crippen LogP contribution in [0, 0.1) is 6.92 Å². The Bertz CT molecular complexity index is 769. The molecule has 1 aliphatic rings. The third kappa shape index (κ3) is 3.40. The maximum Gasteiger partial charge on any atom is 0.262 e. The van der Waals surface area contributed by atoms with Gasteiger partial charge in [0.25, 0.3) is 11.8 Å². The molecule has 0 fully saturated rings. The fraction of sp³-hybridized carbons (Fsp3) is 0.263. The van der Waals surface area contributed by atoms with E-state index in [0.717, 1.165) is 12.0 Å². The van der Waals surface area contributed by atoms with Gasteiger partial charge in [0.15, 0.2) is 6.61 Å². The van der Waals surface area contributed by atoms with Gasteiger partial charge in [-0.1, -0.05) is 36.8 Å². The van der Waals surface area contributed by atoms with Crippen molar-refractivity contribution in [2.75, 3.05) is 11.9 Å². The SMILES string of the molecule is CC[C@@H](NC(=O)c1ccc2c(c1)OCC(=O)N2)c1ccc(C)cc1. The highest BCUT2D eigenvalue weighted by Gasteiger charge is 2.19. The van der Waals surface area contributed by atoms with E-state index >= 15 is 0 Å². The normalized spacial score (nSPS) is 14.2. The Labute approximate surface area is 141 Å². The molecule has 0 unspecified atom stereocenters. The topological polar surface area (TPSA) is 67.4 Å². The molecule has 2 amide bonds. The van der Waals surface area contributed by atoms with E-state index in [-0.39, 0.29) is 24.5 Å². The van der Waals surface area contributed by atoms with Crippen LogP contribution in [0.15, 0.2) is 42.5 Å². The minimum Gasteiger partial charge on any atom is -0.482 e. The number of benzene rings is 2. The van der Waals surface area contributed by atoms with Gasteiger partial charge in [0.1, 0.15) is 5.75 Å². The summed E-state index contributed by atoms with van der Waals surface area (Å²) in [6.45, 7) is 4.05. The number of carbonyl (C=O) groups excluding carboxylic acids is 2. The van der Waals surface area contributed by atoms with Gasteiger partial charge in [-0.3, -0.25) is 9.59 Å². The summed E-state index contributed by atoms with van der Waals surface area (Å²) in [7, 11) is 0. The predicted octanol–water partition coefficient (Wildman–Crippen LogP) is 3.21. The van der Waals surface area contributed by atoms with Crippen LogP contribution in [0.4, 0.5) is 5.69 Å². The summed E-state index contributed by atoms with van der Waals surface area (Å²) in [5.74, 6) is 0.168. The number of anilines is 1. The molecule has 1 heterocycles. The number of ether oxygens (including phenoxy) is 1. The van der Waals surface area contributed by atoms with Crippen molar-refractivity contribution in [2.24, 2.45) is 0 Å². The van der Waals surface area contributed by atoms with Crippen molar-refractivity contribution >= 4 is 17.5 Å². The van der Waals surface area contributed by atoms with Crippen LogP contribution in [0.25, 0.3) is 0 Å². The van der Waals surface area contributed by atoms with E-state index in [9.17, 15) is 9.59 Å². The summed E-state index contributed by atoms with van der Waals surface area (Å²) in [6, 6.07) is 13.1. The predicted molar refractivity (Wildman–Crippen MR) is 92.2 cm³/mol. The largest absolute Gasteiger partial charge is 0.482 e. The van der Waals surface area contributed by atoms with Gasteiger partial charge in [-0.2, -0.15) is 0 Å². The summed E-state index contributed by atoms with van der Waals surface area (Å²) < 4.78 is 5.36. The van der Waals surface area contributed by atoms with Gasteiger partial charge in [-0.05, 0) is 37.1 Å². The fourth-order valence-electron chi connectivity index (χ4n) is 2.68. The molecule has 24 heavy (non-hydrogen) atoms. The average molecular weight is 324 g/mol. The van der Waals surface area contributed by atoms with Crippen LogP contribution < -0.4 is 15.4 Å². The van der Waals surface area contributed by atoms with Crippen LogP contribution in [-0.4, -0.2) is 18.4 Å². The van der Waals surface area contributed by atoms with E-state index in [0.29, 0.717) is 17.0 Å². The molecular formula is C19H20N2O3. The standard InChI is InChI=1S/C19H20N2O3/c1-3-15(13-6-4-12(2)5-7-13)21-19(23)14-8-9-16-17(10-14)24-11-18(22)20-16/h4-10,15H,3,11H2,1-2H3,(H,20,22)(H,21,23)/t15-/m1/s1. The van der Waals surface area contributed by atoms with Crippen molar-refractivity contribution in [1.82, 2.24) is 5.32 Å². The van der Waals surface area contributed by atoms with Gasteiger partial charge in [0.2, 0.25) is 0 Å². The van der Waals surface area contributed by atoms with Crippen LogP contribution >= 0.6 is 0 Å². The van der Waals surface area contributed by atoms with Crippen LogP contribution in [-0.2, 0) is 4.79 Å². The number of nitrogens with one attached hydrogen (secondary N) is 2. The first-order chi connectivity index (χ1) is 11.6. The third-order valence-electron chi connectivity index (χ3n) is 4.07. The quantitative estimate of drug-likeness (QED) is 0.907. The summed E-state index contributed by atoms with van der Waals surface area (Å²) in [6.07, 6.45) is 0.798. The maximum absolute atomic E-state index is 12.6. The van der Waals surface area contributed by atoms with E-state index < -0.39 is 0 Å². The summed E-state index contributed by atoms with van der Waals surface area (Å²) in [5.41, 5.74) is 3.37. The van der Waals surface area contributed by atoms with Gasteiger partial charge in [0.05, 0.1) is 11.7 Å². The van der Waals surface area contributed by atoms with Crippen molar-refractivity contribution in [3.63, 3.8) is 0 Å². The first-order valence-corrected chi connectivity index (χ1v) is 8.01. The molecule has 2 aromatic rings. The van der Waals surface area contributed by atoms with Crippen LogP contribution in [0.2, 0.25) is 0 Å². The molecule has 2 aromatic carbocycles. The molecule has 0 aliphatic carbocycles. The number of fused-ring (bicyclic) bond motifs is 1. The average Bonchev–Trinajstić information content (AvgIpc) is 2.60.